The van der Waals surface area contributed by atoms with E-state index in [9.17, 15) is 4.79 Å². The maximum Gasteiger partial charge on any atom is 0.414 e. The highest BCUT2D eigenvalue weighted by molar-refractivity contribution is 5.71. The smallest absolute Gasteiger partial charge is 0.414 e. The fourth-order valence-corrected chi connectivity index (χ4v) is 1.73. The lowest BCUT2D eigenvalue weighted by molar-refractivity contribution is 0.0290. The van der Waals surface area contributed by atoms with E-state index in [0.717, 1.165) is 18.7 Å². The third-order valence-electron chi connectivity index (χ3n) is 2.31. The highest BCUT2D eigenvalue weighted by Gasteiger charge is 2.36. The van der Waals surface area contributed by atoms with Gasteiger partial charge in [0.05, 0.1) is 6.04 Å². The Kier molecular flexibility index (Phi) is 1.94. The summed E-state index contributed by atoms with van der Waals surface area (Å²) in [6, 6.07) is 0.264. The van der Waals surface area contributed by atoms with E-state index in [-0.39, 0.29) is 12.1 Å². The molecule has 2 bridgehead atoms. The van der Waals surface area contributed by atoms with Crippen molar-refractivity contribution in [3.8, 4) is 0 Å². The zero-order valence-corrected chi connectivity index (χ0v) is 8.83. The van der Waals surface area contributed by atoms with Crippen molar-refractivity contribution in [1.29, 1.82) is 0 Å². The minimum Gasteiger partial charge on any atom is -0.443 e. The molecule has 1 fully saturated rings. The molecule has 2 aliphatic heterocycles. The monoisotopic (exact) mass is 196 g/mol. The molecule has 78 valence electrons. The quantitative estimate of drug-likeness (QED) is 0.637. The van der Waals surface area contributed by atoms with Gasteiger partial charge < -0.3 is 10.1 Å². The summed E-state index contributed by atoms with van der Waals surface area (Å²) in [5.74, 6) is 0. The molecule has 2 heterocycles. The van der Waals surface area contributed by atoms with Crippen LogP contribution in [0.1, 0.15) is 27.2 Å². The fraction of sp³-hybridized carbons (Fsp3) is 0.700. The zero-order valence-electron chi connectivity index (χ0n) is 8.83. The van der Waals surface area contributed by atoms with E-state index in [1.54, 1.807) is 4.90 Å². The van der Waals surface area contributed by atoms with Gasteiger partial charge in [-0.15, -0.1) is 0 Å². The molecular formula is C10H16N2O2. The molecule has 2 aliphatic rings. The topological polar surface area (TPSA) is 41.6 Å². The maximum absolute atomic E-state index is 11.7. The van der Waals surface area contributed by atoms with E-state index in [1.807, 2.05) is 27.0 Å². The number of ether oxygens (including phenoxy) is 1. The van der Waals surface area contributed by atoms with E-state index < -0.39 is 5.60 Å². The molecule has 1 atom stereocenters. The third kappa shape index (κ3) is 1.69. The van der Waals surface area contributed by atoms with Crippen LogP contribution in [0.5, 0.6) is 0 Å². The van der Waals surface area contributed by atoms with Gasteiger partial charge in [0.1, 0.15) is 5.60 Å². The van der Waals surface area contributed by atoms with Crippen LogP contribution in [0.2, 0.25) is 0 Å². The summed E-state index contributed by atoms with van der Waals surface area (Å²) in [5, 5.41) is 3.22. The van der Waals surface area contributed by atoms with Gasteiger partial charge in [0.15, 0.2) is 0 Å². The number of hydrogen-bond donors (Lipinski definition) is 1. The van der Waals surface area contributed by atoms with Gasteiger partial charge in [-0.2, -0.15) is 0 Å². The number of rotatable bonds is 0. The molecule has 0 spiro atoms. The summed E-state index contributed by atoms with van der Waals surface area (Å²) in [5.41, 5.74) is 0.728. The molecule has 0 saturated carbocycles. The van der Waals surface area contributed by atoms with Crippen LogP contribution in [0.4, 0.5) is 4.79 Å². The van der Waals surface area contributed by atoms with Crippen molar-refractivity contribution in [3.63, 3.8) is 0 Å². The van der Waals surface area contributed by atoms with Crippen molar-refractivity contribution >= 4 is 6.09 Å². The third-order valence-corrected chi connectivity index (χ3v) is 2.31. The summed E-state index contributed by atoms with van der Waals surface area (Å²) in [6.07, 6.45) is 2.56. The summed E-state index contributed by atoms with van der Waals surface area (Å²) < 4.78 is 5.29. The number of fused-ring (bicyclic) bond motifs is 2. The van der Waals surface area contributed by atoms with E-state index in [0.29, 0.717) is 0 Å². The molecule has 1 N–H and O–H groups in total. The molecule has 0 aromatic carbocycles. The SMILES string of the molecule is CC(C)(C)OC(=O)N1C=C2CC1CN2. The lowest BCUT2D eigenvalue weighted by Crippen LogP contribution is -2.41. The summed E-state index contributed by atoms with van der Waals surface area (Å²) >= 11 is 0. The van der Waals surface area contributed by atoms with E-state index in [2.05, 4.69) is 5.32 Å². The minimum atomic E-state index is -0.412. The first-order chi connectivity index (χ1) is 6.46. The molecule has 1 unspecified atom stereocenters. The average Bonchev–Trinajstić information content (AvgIpc) is 2.59. The molecule has 0 radical (unpaired) electrons. The van der Waals surface area contributed by atoms with Crippen LogP contribution in [-0.4, -0.2) is 29.2 Å². The highest BCUT2D eigenvalue weighted by atomic mass is 16.6. The molecule has 4 nitrogen and oxygen atoms in total. The van der Waals surface area contributed by atoms with Crippen LogP contribution in [0, 0.1) is 0 Å². The predicted octanol–water partition coefficient (Wildman–Crippen LogP) is 1.44. The van der Waals surface area contributed by atoms with Crippen molar-refractivity contribution in [2.24, 2.45) is 0 Å². The summed E-state index contributed by atoms with van der Waals surface area (Å²) in [6.45, 7) is 6.49. The molecule has 14 heavy (non-hydrogen) atoms. The van der Waals surface area contributed by atoms with Crippen molar-refractivity contribution in [2.75, 3.05) is 6.54 Å². The Morgan fingerprint density at radius 3 is 2.79 bits per heavy atom. The minimum absolute atomic E-state index is 0.237. The van der Waals surface area contributed by atoms with Gasteiger partial charge in [-0.1, -0.05) is 0 Å². The van der Waals surface area contributed by atoms with Crippen molar-refractivity contribution in [3.05, 3.63) is 11.9 Å². The second-order valence-corrected chi connectivity index (χ2v) is 4.78. The highest BCUT2D eigenvalue weighted by Crippen LogP contribution is 2.26. The molecule has 0 aliphatic carbocycles. The lowest BCUT2D eigenvalue weighted by atomic mass is 10.2. The largest absolute Gasteiger partial charge is 0.443 e. The second-order valence-electron chi connectivity index (χ2n) is 4.78. The van der Waals surface area contributed by atoms with Crippen molar-refractivity contribution in [1.82, 2.24) is 10.2 Å². The van der Waals surface area contributed by atoms with Gasteiger partial charge in [0.2, 0.25) is 0 Å². The molecule has 2 rings (SSSR count). The normalized spacial score (nSPS) is 24.6. The van der Waals surface area contributed by atoms with E-state index in [4.69, 9.17) is 4.74 Å². The maximum atomic E-state index is 11.7. The van der Waals surface area contributed by atoms with Crippen LogP contribution >= 0.6 is 0 Å². The molecule has 0 aromatic rings. The Hall–Kier alpha value is -1.19. The average molecular weight is 196 g/mol. The van der Waals surface area contributed by atoms with Gasteiger partial charge in [0, 0.05) is 24.9 Å². The number of amides is 1. The van der Waals surface area contributed by atoms with Crippen LogP contribution in [-0.2, 0) is 4.74 Å². The molecular weight excluding hydrogens is 180 g/mol. The molecule has 1 amide bonds. The van der Waals surface area contributed by atoms with Crippen LogP contribution in [0.25, 0.3) is 0 Å². The lowest BCUT2D eigenvalue weighted by Gasteiger charge is -2.27. The summed E-state index contributed by atoms with van der Waals surface area (Å²) in [4.78, 5) is 13.4. The van der Waals surface area contributed by atoms with Gasteiger partial charge >= 0.3 is 6.09 Å². The number of hydrogen-bond acceptors (Lipinski definition) is 3. The second kappa shape index (κ2) is 2.90. The van der Waals surface area contributed by atoms with Gasteiger partial charge in [-0.3, -0.25) is 4.90 Å². The Morgan fingerprint density at radius 1 is 1.64 bits per heavy atom. The van der Waals surface area contributed by atoms with Crippen molar-refractivity contribution in [2.45, 2.75) is 38.8 Å². The number of carbonyl (C=O) groups is 1. The first kappa shape index (κ1) is 9.37. The van der Waals surface area contributed by atoms with Crippen LogP contribution in [0.15, 0.2) is 11.9 Å². The zero-order chi connectivity index (χ0) is 10.3. The van der Waals surface area contributed by atoms with Gasteiger partial charge in [-0.25, -0.2) is 4.79 Å². The van der Waals surface area contributed by atoms with Crippen LogP contribution < -0.4 is 5.32 Å². The first-order valence-electron chi connectivity index (χ1n) is 4.91. The van der Waals surface area contributed by atoms with Crippen LogP contribution in [0.3, 0.4) is 0 Å². The number of nitrogens with zero attached hydrogens (tertiary/aromatic N) is 1. The predicted molar refractivity (Wildman–Crippen MR) is 52.6 cm³/mol. The Labute approximate surface area is 83.9 Å². The molecule has 1 saturated heterocycles. The standard InChI is InChI=1S/C10H16N2O2/c1-10(2,3)14-9(13)12-6-7-4-8(12)5-11-7/h6,8,11H,4-5H2,1-3H3. The Bertz CT molecular complexity index is 291. The first-order valence-corrected chi connectivity index (χ1v) is 4.91. The van der Waals surface area contributed by atoms with Gasteiger partial charge in [-0.05, 0) is 20.8 Å². The number of carbonyl (C=O) groups excluding carboxylic acids is 1. The van der Waals surface area contributed by atoms with Gasteiger partial charge in [0.25, 0.3) is 0 Å². The van der Waals surface area contributed by atoms with Crippen molar-refractivity contribution < 1.29 is 9.53 Å². The van der Waals surface area contributed by atoms with E-state index in [1.165, 1.54) is 0 Å². The fourth-order valence-electron chi connectivity index (χ4n) is 1.73. The van der Waals surface area contributed by atoms with E-state index >= 15 is 0 Å². The Balaban J connectivity index is 2.00. The molecule has 0 aromatic heterocycles. The number of nitrogens with one attached hydrogen (secondary N) is 1. The molecule has 4 heteroatoms. The summed E-state index contributed by atoms with van der Waals surface area (Å²) in [7, 11) is 0. The Morgan fingerprint density at radius 2 is 2.36 bits per heavy atom.